The van der Waals surface area contributed by atoms with Crippen molar-refractivity contribution in [3.8, 4) is 0 Å². The van der Waals surface area contributed by atoms with E-state index in [4.69, 9.17) is 5.73 Å². The predicted molar refractivity (Wildman–Crippen MR) is 80.0 cm³/mol. The molecule has 1 aromatic heterocycles. The van der Waals surface area contributed by atoms with Gasteiger partial charge in [-0.05, 0) is 36.8 Å². The van der Waals surface area contributed by atoms with Gasteiger partial charge in [-0.3, -0.25) is 0 Å². The van der Waals surface area contributed by atoms with Crippen LogP contribution in [0, 0.1) is 5.82 Å². The Morgan fingerprint density at radius 1 is 1.25 bits per heavy atom. The van der Waals surface area contributed by atoms with Crippen LogP contribution in [-0.2, 0) is 12.2 Å². The minimum Gasteiger partial charge on any atom is -0.327 e. The van der Waals surface area contributed by atoms with Gasteiger partial charge >= 0.3 is 0 Å². The van der Waals surface area contributed by atoms with Gasteiger partial charge in [0.05, 0.1) is 5.75 Å². The van der Waals surface area contributed by atoms with Gasteiger partial charge in [0.15, 0.2) is 0 Å². The average Bonchev–Trinajstić information content (AvgIpc) is 2.47. The molecule has 2 N–H and O–H groups in total. The first kappa shape index (κ1) is 14.9. The zero-order valence-electron chi connectivity index (χ0n) is 11.4. The third-order valence-electron chi connectivity index (χ3n) is 2.94. The van der Waals surface area contributed by atoms with E-state index in [1.165, 1.54) is 12.1 Å². The lowest BCUT2D eigenvalue weighted by Gasteiger charge is -2.08. The van der Waals surface area contributed by atoms with Crippen LogP contribution < -0.4 is 5.73 Å². The Morgan fingerprint density at radius 3 is 2.70 bits per heavy atom. The van der Waals surface area contributed by atoms with Gasteiger partial charge in [-0.15, -0.1) is 11.8 Å². The van der Waals surface area contributed by atoms with Crippen LogP contribution in [0.1, 0.15) is 24.9 Å². The van der Waals surface area contributed by atoms with Gasteiger partial charge < -0.3 is 5.73 Å². The zero-order valence-corrected chi connectivity index (χ0v) is 12.2. The Balaban J connectivity index is 1.95. The fourth-order valence-corrected chi connectivity index (χ4v) is 2.48. The second-order valence-electron chi connectivity index (χ2n) is 4.58. The summed E-state index contributed by atoms with van der Waals surface area (Å²) in [5, 5.41) is 0. The lowest BCUT2D eigenvalue weighted by Crippen LogP contribution is -2.22. The lowest BCUT2D eigenvalue weighted by atomic mass is 10.1. The molecule has 1 atom stereocenters. The Bertz CT molecular complexity index is 545. The summed E-state index contributed by atoms with van der Waals surface area (Å²) in [7, 11) is 0. The van der Waals surface area contributed by atoms with Crippen molar-refractivity contribution in [3.63, 3.8) is 0 Å². The molecule has 0 aliphatic rings. The van der Waals surface area contributed by atoms with Crippen molar-refractivity contribution in [3.05, 3.63) is 53.9 Å². The molecule has 0 aliphatic carbocycles. The molecule has 0 amide bonds. The Morgan fingerprint density at radius 2 is 2.00 bits per heavy atom. The van der Waals surface area contributed by atoms with E-state index in [1.807, 2.05) is 6.07 Å². The molecule has 2 aromatic rings. The Labute approximate surface area is 122 Å². The molecule has 1 heterocycles. The van der Waals surface area contributed by atoms with Gasteiger partial charge in [-0.2, -0.15) is 0 Å². The summed E-state index contributed by atoms with van der Waals surface area (Å²) in [5.74, 6) is 1.22. The molecule has 3 nitrogen and oxygen atoms in total. The number of rotatable bonds is 6. The topological polar surface area (TPSA) is 51.8 Å². The molecule has 1 unspecified atom stereocenters. The Hall–Kier alpha value is -1.46. The molecule has 1 aromatic carbocycles. The van der Waals surface area contributed by atoms with Crippen LogP contribution in [0.15, 0.2) is 41.4 Å². The number of halogens is 1. The maximum atomic E-state index is 12.8. The molecule has 20 heavy (non-hydrogen) atoms. The highest BCUT2D eigenvalue weighted by molar-refractivity contribution is 7.98. The van der Waals surface area contributed by atoms with E-state index in [0.29, 0.717) is 5.75 Å². The molecule has 0 bridgehead atoms. The minimum absolute atomic E-state index is 0.141. The molecule has 106 valence electrons. The smallest absolute Gasteiger partial charge is 0.138 e. The van der Waals surface area contributed by atoms with Crippen molar-refractivity contribution in [2.45, 2.75) is 36.5 Å². The monoisotopic (exact) mass is 291 g/mol. The molecule has 0 fully saturated rings. The number of aromatic nitrogens is 2. The third kappa shape index (κ3) is 4.58. The maximum Gasteiger partial charge on any atom is 0.138 e. The molecule has 5 heteroatoms. The van der Waals surface area contributed by atoms with E-state index in [-0.39, 0.29) is 11.9 Å². The molecular formula is C15H18FN3S. The second kappa shape index (κ2) is 7.36. The van der Waals surface area contributed by atoms with E-state index in [9.17, 15) is 4.39 Å². The zero-order chi connectivity index (χ0) is 14.4. The van der Waals surface area contributed by atoms with E-state index in [1.54, 1.807) is 30.1 Å². The van der Waals surface area contributed by atoms with Crippen molar-refractivity contribution < 1.29 is 4.39 Å². The average molecular weight is 291 g/mol. The van der Waals surface area contributed by atoms with Crippen LogP contribution >= 0.6 is 11.8 Å². The molecule has 2 rings (SSSR count). The van der Waals surface area contributed by atoms with E-state index < -0.39 is 0 Å². The van der Waals surface area contributed by atoms with E-state index in [2.05, 4.69) is 16.9 Å². The van der Waals surface area contributed by atoms with Crippen LogP contribution in [0.25, 0.3) is 0 Å². The van der Waals surface area contributed by atoms with Crippen LogP contribution in [0.3, 0.4) is 0 Å². The van der Waals surface area contributed by atoms with Crippen LogP contribution in [0.5, 0.6) is 0 Å². The minimum atomic E-state index is -0.221. The van der Waals surface area contributed by atoms with Crippen molar-refractivity contribution in [1.82, 2.24) is 9.97 Å². The number of hydrogen-bond acceptors (Lipinski definition) is 4. The second-order valence-corrected chi connectivity index (χ2v) is 5.63. The molecule has 0 aliphatic heterocycles. The van der Waals surface area contributed by atoms with Crippen LogP contribution in [-0.4, -0.2) is 16.0 Å². The first-order valence-corrected chi connectivity index (χ1v) is 7.60. The van der Waals surface area contributed by atoms with Crippen molar-refractivity contribution in [2.24, 2.45) is 5.73 Å². The maximum absolute atomic E-state index is 12.8. The summed E-state index contributed by atoms with van der Waals surface area (Å²) in [6, 6.07) is 8.48. The first-order valence-electron chi connectivity index (χ1n) is 6.62. The SMILES string of the molecule is CCC(N)Cc1ccnc(CSc2ccc(F)cc2)n1. The molecule has 0 saturated heterocycles. The van der Waals surface area contributed by atoms with Crippen molar-refractivity contribution in [1.29, 1.82) is 0 Å². The highest BCUT2D eigenvalue weighted by Gasteiger charge is 2.05. The predicted octanol–water partition coefficient (Wildman–Crippen LogP) is 3.19. The van der Waals surface area contributed by atoms with Gasteiger partial charge in [0.1, 0.15) is 11.6 Å². The largest absolute Gasteiger partial charge is 0.327 e. The fourth-order valence-electron chi connectivity index (χ4n) is 1.72. The van der Waals surface area contributed by atoms with Gasteiger partial charge in [-0.25, -0.2) is 14.4 Å². The van der Waals surface area contributed by atoms with E-state index >= 15 is 0 Å². The highest BCUT2D eigenvalue weighted by atomic mass is 32.2. The Kier molecular flexibility index (Phi) is 5.49. The normalized spacial score (nSPS) is 12.3. The quantitative estimate of drug-likeness (QED) is 0.830. The fraction of sp³-hybridized carbons (Fsp3) is 0.333. The number of nitrogens with zero attached hydrogens (tertiary/aromatic N) is 2. The molecule has 0 spiro atoms. The molecule has 0 radical (unpaired) electrons. The van der Waals surface area contributed by atoms with Gasteiger partial charge in [0.2, 0.25) is 0 Å². The van der Waals surface area contributed by atoms with E-state index in [0.717, 1.165) is 29.3 Å². The summed E-state index contributed by atoms with van der Waals surface area (Å²) >= 11 is 1.59. The molecule has 0 saturated carbocycles. The summed E-state index contributed by atoms with van der Waals surface area (Å²) in [4.78, 5) is 9.77. The van der Waals surface area contributed by atoms with Gasteiger partial charge in [0, 0.05) is 29.2 Å². The molecular weight excluding hydrogens is 273 g/mol. The third-order valence-corrected chi connectivity index (χ3v) is 3.95. The lowest BCUT2D eigenvalue weighted by molar-refractivity contribution is 0.626. The van der Waals surface area contributed by atoms with Gasteiger partial charge in [0.25, 0.3) is 0 Å². The first-order chi connectivity index (χ1) is 9.67. The number of thioether (sulfide) groups is 1. The van der Waals surface area contributed by atoms with Gasteiger partial charge in [-0.1, -0.05) is 6.92 Å². The summed E-state index contributed by atoms with van der Waals surface area (Å²) in [5.41, 5.74) is 6.91. The summed E-state index contributed by atoms with van der Waals surface area (Å²) < 4.78 is 12.8. The summed E-state index contributed by atoms with van der Waals surface area (Å²) in [6.45, 7) is 2.07. The van der Waals surface area contributed by atoms with Crippen molar-refractivity contribution >= 4 is 11.8 Å². The number of hydrogen-bond donors (Lipinski definition) is 1. The van der Waals surface area contributed by atoms with Crippen LogP contribution in [0.4, 0.5) is 4.39 Å². The standard InChI is InChI=1S/C15H18FN3S/c1-2-12(17)9-13-7-8-18-15(19-13)10-20-14-5-3-11(16)4-6-14/h3-8,12H,2,9-10,17H2,1H3. The van der Waals surface area contributed by atoms with Crippen molar-refractivity contribution in [2.75, 3.05) is 0 Å². The summed E-state index contributed by atoms with van der Waals surface area (Å²) in [6.07, 6.45) is 3.47. The number of nitrogens with two attached hydrogens (primary N) is 1. The highest BCUT2D eigenvalue weighted by Crippen LogP contribution is 2.21. The van der Waals surface area contributed by atoms with Crippen LogP contribution in [0.2, 0.25) is 0 Å². The number of benzene rings is 1.